The highest BCUT2D eigenvalue weighted by Gasteiger charge is 2.12. The number of hydrogen-bond acceptors (Lipinski definition) is 5. The Morgan fingerprint density at radius 3 is 2.73 bits per heavy atom. The van der Waals surface area contributed by atoms with Crippen molar-refractivity contribution in [1.29, 1.82) is 0 Å². The molecule has 1 N–H and O–H groups in total. The normalized spacial score (nSPS) is 10.6. The van der Waals surface area contributed by atoms with Crippen LogP contribution < -0.4 is 14.8 Å². The summed E-state index contributed by atoms with van der Waals surface area (Å²) < 4.78 is 18.1. The first kappa shape index (κ1) is 18.1. The van der Waals surface area contributed by atoms with Gasteiger partial charge in [0.05, 0.1) is 26.1 Å². The second-order valence-corrected chi connectivity index (χ2v) is 6.27. The Balaban J connectivity index is 1.59. The summed E-state index contributed by atoms with van der Waals surface area (Å²) in [7, 11) is 3.22. The van der Waals surface area contributed by atoms with Crippen molar-refractivity contribution in [3.8, 4) is 11.5 Å². The number of anilines is 1. The Labute approximate surface area is 159 Å². The van der Waals surface area contributed by atoms with Crippen molar-refractivity contribution in [2.45, 2.75) is 13.0 Å². The fraction of sp³-hybridized carbons (Fsp3) is 0.222. The Hall–Kier alpha value is -2.74. The average Bonchev–Trinajstić information content (AvgIpc) is 3.28. The molecule has 7 nitrogen and oxygen atoms in total. The molecular formula is C18H18BrN3O4. The van der Waals surface area contributed by atoms with Crippen LogP contribution in [0.25, 0.3) is 0 Å². The summed E-state index contributed by atoms with van der Waals surface area (Å²) in [6.07, 6.45) is 4.14. The molecule has 1 amide bonds. The van der Waals surface area contributed by atoms with Crippen LogP contribution in [0, 0.1) is 0 Å². The van der Waals surface area contributed by atoms with Crippen molar-refractivity contribution in [3.05, 3.63) is 58.7 Å². The van der Waals surface area contributed by atoms with E-state index in [4.69, 9.17) is 13.9 Å². The molecule has 0 aliphatic rings. The summed E-state index contributed by atoms with van der Waals surface area (Å²) >= 11 is 3.17. The lowest BCUT2D eigenvalue weighted by atomic mass is 10.1. The molecule has 1 aromatic carbocycles. The van der Waals surface area contributed by atoms with Gasteiger partial charge in [-0.25, -0.2) is 0 Å². The minimum Gasteiger partial charge on any atom is -0.493 e. The molecule has 0 fully saturated rings. The lowest BCUT2D eigenvalue weighted by Crippen LogP contribution is -2.10. The van der Waals surface area contributed by atoms with Gasteiger partial charge in [-0.05, 0) is 52.2 Å². The van der Waals surface area contributed by atoms with Gasteiger partial charge in [-0.3, -0.25) is 9.48 Å². The molecule has 0 bridgehead atoms. The highest BCUT2D eigenvalue weighted by Crippen LogP contribution is 2.27. The molecule has 2 heterocycles. The molecule has 0 radical (unpaired) electrons. The van der Waals surface area contributed by atoms with Gasteiger partial charge in [0.1, 0.15) is 0 Å². The number of aromatic nitrogens is 2. The molecule has 26 heavy (non-hydrogen) atoms. The smallest absolute Gasteiger partial charge is 0.291 e. The highest BCUT2D eigenvalue weighted by molar-refractivity contribution is 9.10. The van der Waals surface area contributed by atoms with Gasteiger partial charge in [-0.15, -0.1) is 0 Å². The number of aryl methyl sites for hydroxylation is 2. The number of furan rings is 1. The maximum Gasteiger partial charge on any atom is 0.291 e. The van der Waals surface area contributed by atoms with Gasteiger partial charge in [0.25, 0.3) is 5.91 Å². The van der Waals surface area contributed by atoms with E-state index in [2.05, 4.69) is 26.3 Å². The van der Waals surface area contributed by atoms with Gasteiger partial charge in [-0.2, -0.15) is 5.10 Å². The first-order valence-corrected chi connectivity index (χ1v) is 8.68. The number of ether oxygens (including phenoxy) is 2. The number of carbonyl (C=O) groups is 1. The molecular weight excluding hydrogens is 402 g/mol. The van der Waals surface area contributed by atoms with Gasteiger partial charge in [-0.1, -0.05) is 6.07 Å². The number of halogens is 1. The fourth-order valence-corrected chi connectivity index (χ4v) is 2.77. The van der Waals surface area contributed by atoms with E-state index in [1.165, 1.54) is 0 Å². The maximum atomic E-state index is 12.1. The van der Waals surface area contributed by atoms with E-state index in [0.29, 0.717) is 28.4 Å². The number of nitrogens with one attached hydrogen (secondary N) is 1. The summed E-state index contributed by atoms with van der Waals surface area (Å²) in [5.41, 5.74) is 1.71. The van der Waals surface area contributed by atoms with Crippen LogP contribution in [0.2, 0.25) is 0 Å². The number of amides is 1. The predicted octanol–water partition coefficient (Wildman–Crippen LogP) is 3.75. The van der Waals surface area contributed by atoms with Crippen LogP contribution in [0.4, 0.5) is 5.69 Å². The Morgan fingerprint density at radius 1 is 1.23 bits per heavy atom. The molecule has 136 valence electrons. The van der Waals surface area contributed by atoms with Crippen LogP contribution in [-0.2, 0) is 13.0 Å². The Bertz CT molecular complexity index is 903. The third kappa shape index (κ3) is 4.26. The van der Waals surface area contributed by atoms with Crippen molar-refractivity contribution in [2.24, 2.45) is 0 Å². The van der Waals surface area contributed by atoms with Crippen molar-refractivity contribution in [1.82, 2.24) is 9.78 Å². The number of benzene rings is 1. The highest BCUT2D eigenvalue weighted by atomic mass is 79.9. The zero-order valence-corrected chi connectivity index (χ0v) is 15.9. The molecule has 0 atom stereocenters. The molecule has 0 spiro atoms. The molecule has 0 unspecified atom stereocenters. The van der Waals surface area contributed by atoms with Gasteiger partial charge >= 0.3 is 0 Å². The summed E-state index contributed by atoms with van der Waals surface area (Å²) in [4.78, 5) is 12.1. The van der Waals surface area contributed by atoms with Gasteiger partial charge in [0.2, 0.25) is 0 Å². The summed E-state index contributed by atoms with van der Waals surface area (Å²) in [6.45, 7) is 0.664. The maximum absolute atomic E-state index is 12.1. The average molecular weight is 420 g/mol. The van der Waals surface area contributed by atoms with Crippen molar-refractivity contribution in [2.75, 3.05) is 19.5 Å². The van der Waals surface area contributed by atoms with E-state index in [1.54, 1.807) is 43.4 Å². The Morgan fingerprint density at radius 2 is 2.04 bits per heavy atom. The molecule has 2 aromatic heterocycles. The zero-order valence-electron chi connectivity index (χ0n) is 14.4. The third-order valence-corrected chi connectivity index (χ3v) is 4.19. The molecule has 0 saturated heterocycles. The number of carbonyl (C=O) groups excluding carboxylic acids is 1. The third-order valence-electron chi connectivity index (χ3n) is 3.77. The molecule has 0 saturated carbocycles. The lowest BCUT2D eigenvalue weighted by Gasteiger charge is -2.09. The molecule has 3 rings (SSSR count). The number of rotatable bonds is 7. The van der Waals surface area contributed by atoms with Crippen LogP contribution in [0.1, 0.15) is 16.1 Å². The summed E-state index contributed by atoms with van der Waals surface area (Å²) in [5.74, 6) is 1.30. The van der Waals surface area contributed by atoms with Crippen molar-refractivity contribution >= 4 is 27.5 Å². The zero-order chi connectivity index (χ0) is 18.5. The second-order valence-electron chi connectivity index (χ2n) is 5.49. The van der Waals surface area contributed by atoms with Gasteiger partial charge in [0.15, 0.2) is 21.9 Å². The first-order valence-electron chi connectivity index (χ1n) is 7.89. The summed E-state index contributed by atoms with van der Waals surface area (Å²) in [6, 6.07) is 9.08. The van der Waals surface area contributed by atoms with Crippen LogP contribution in [0.3, 0.4) is 0 Å². The predicted molar refractivity (Wildman–Crippen MR) is 99.8 cm³/mol. The van der Waals surface area contributed by atoms with E-state index in [1.807, 2.05) is 18.2 Å². The number of methoxy groups -OCH3 is 2. The van der Waals surface area contributed by atoms with Crippen LogP contribution in [0.15, 0.2) is 51.8 Å². The van der Waals surface area contributed by atoms with Crippen LogP contribution >= 0.6 is 15.9 Å². The van der Waals surface area contributed by atoms with Crippen molar-refractivity contribution in [3.63, 3.8) is 0 Å². The van der Waals surface area contributed by atoms with E-state index in [-0.39, 0.29) is 11.7 Å². The first-order chi connectivity index (χ1) is 12.6. The second kappa shape index (κ2) is 8.09. The fourth-order valence-electron chi connectivity index (χ4n) is 2.46. The lowest BCUT2D eigenvalue weighted by molar-refractivity contribution is 0.0995. The number of nitrogens with zero attached hydrogens (tertiary/aromatic N) is 2. The summed E-state index contributed by atoms with van der Waals surface area (Å²) in [5, 5.41) is 7.02. The number of hydrogen-bond donors (Lipinski definition) is 1. The minimum atomic E-state index is -0.324. The molecule has 8 heteroatoms. The molecule has 3 aromatic rings. The van der Waals surface area contributed by atoms with Crippen LogP contribution in [-0.4, -0.2) is 29.9 Å². The van der Waals surface area contributed by atoms with E-state index in [9.17, 15) is 4.79 Å². The largest absolute Gasteiger partial charge is 0.493 e. The standard InChI is InChI=1S/C18H18BrN3O4/c1-24-14-4-3-12(9-16(14)25-2)7-8-22-11-13(10-20-22)21-18(23)15-5-6-17(19)26-15/h3-6,9-11H,7-8H2,1-2H3,(H,21,23). The monoisotopic (exact) mass is 419 g/mol. The van der Waals surface area contributed by atoms with E-state index in [0.717, 1.165) is 12.0 Å². The SMILES string of the molecule is COc1ccc(CCn2cc(NC(=O)c3ccc(Br)o3)cn2)cc1OC. The quantitative estimate of drug-likeness (QED) is 0.630. The van der Waals surface area contributed by atoms with E-state index < -0.39 is 0 Å². The topological polar surface area (TPSA) is 78.5 Å². The Kier molecular flexibility index (Phi) is 5.62. The van der Waals surface area contributed by atoms with Gasteiger partial charge in [0, 0.05) is 12.7 Å². The minimum absolute atomic E-state index is 0.231. The molecule has 0 aliphatic heterocycles. The molecule has 0 aliphatic carbocycles. The van der Waals surface area contributed by atoms with Crippen LogP contribution in [0.5, 0.6) is 11.5 Å². The van der Waals surface area contributed by atoms with E-state index >= 15 is 0 Å². The van der Waals surface area contributed by atoms with Gasteiger partial charge < -0.3 is 19.2 Å². The van der Waals surface area contributed by atoms with Crippen molar-refractivity contribution < 1.29 is 18.7 Å².